The van der Waals surface area contributed by atoms with E-state index < -0.39 is 0 Å². The minimum absolute atomic E-state index is 0.0597. The van der Waals surface area contributed by atoms with E-state index in [2.05, 4.69) is 16.3 Å². The van der Waals surface area contributed by atoms with E-state index in [1.54, 1.807) is 7.05 Å². The van der Waals surface area contributed by atoms with Gasteiger partial charge in [0, 0.05) is 37.9 Å². The summed E-state index contributed by atoms with van der Waals surface area (Å²) in [6.07, 6.45) is 5.37. The SMILES string of the molecule is CNC(=O)C1CCCN(c2nc3c(cc2CN)CCC3)C1. The van der Waals surface area contributed by atoms with Gasteiger partial charge in [0.05, 0.1) is 5.92 Å². The molecule has 3 rings (SSSR count). The molecule has 21 heavy (non-hydrogen) atoms. The highest BCUT2D eigenvalue weighted by Crippen LogP contribution is 2.30. The highest BCUT2D eigenvalue weighted by Gasteiger charge is 2.28. The van der Waals surface area contributed by atoms with Crippen LogP contribution in [0.1, 0.15) is 36.1 Å². The number of carbonyl (C=O) groups excluding carboxylic acids is 1. The molecule has 1 fully saturated rings. The van der Waals surface area contributed by atoms with E-state index in [0.717, 1.165) is 50.2 Å². The van der Waals surface area contributed by atoms with Gasteiger partial charge in [-0.05, 0) is 43.7 Å². The first-order valence-electron chi connectivity index (χ1n) is 7.91. The predicted molar refractivity (Wildman–Crippen MR) is 83.2 cm³/mol. The molecule has 0 aromatic carbocycles. The Morgan fingerprint density at radius 3 is 3.10 bits per heavy atom. The summed E-state index contributed by atoms with van der Waals surface area (Å²) in [5.74, 6) is 1.20. The number of nitrogens with two attached hydrogens (primary N) is 1. The quantitative estimate of drug-likeness (QED) is 0.870. The molecule has 5 nitrogen and oxygen atoms in total. The molecule has 1 aliphatic carbocycles. The first kappa shape index (κ1) is 14.3. The number of piperidine rings is 1. The van der Waals surface area contributed by atoms with E-state index in [9.17, 15) is 4.79 Å². The molecule has 1 saturated heterocycles. The van der Waals surface area contributed by atoms with Gasteiger partial charge in [0.2, 0.25) is 5.91 Å². The summed E-state index contributed by atoms with van der Waals surface area (Å²) in [5.41, 5.74) is 9.63. The van der Waals surface area contributed by atoms with Crippen molar-refractivity contribution in [2.24, 2.45) is 11.7 Å². The van der Waals surface area contributed by atoms with Gasteiger partial charge in [0.1, 0.15) is 5.82 Å². The van der Waals surface area contributed by atoms with Crippen molar-refractivity contribution in [2.75, 3.05) is 25.0 Å². The first-order chi connectivity index (χ1) is 10.2. The molecule has 3 N–H and O–H groups in total. The largest absolute Gasteiger partial charge is 0.359 e. The Morgan fingerprint density at radius 1 is 1.48 bits per heavy atom. The maximum absolute atomic E-state index is 11.9. The number of anilines is 1. The second-order valence-corrected chi connectivity index (χ2v) is 6.03. The van der Waals surface area contributed by atoms with Crippen LogP contribution in [0, 0.1) is 5.92 Å². The lowest BCUT2D eigenvalue weighted by molar-refractivity contribution is -0.124. The van der Waals surface area contributed by atoms with Crippen molar-refractivity contribution in [3.05, 3.63) is 22.9 Å². The lowest BCUT2D eigenvalue weighted by Gasteiger charge is -2.34. The zero-order chi connectivity index (χ0) is 14.8. The standard InChI is InChI=1S/C16H24N4O/c1-18-16(21)12-5-3-7-20(10-12)15-13(9-17)8-11-4-2-6-14(11)19-15/h8,12H,2-7,9-10,17H2,1H3,(H,18,21). The molecule has 1 aliphatic heterocycles. The number of nitrogens with one attached hydrogen (secondary N) is 1. The van der Waals surface area contributed by atoms with Crippen LogP contribution in [0.25, 0.3) is 0 Å². The van der Waals surface area contributed by atoms with Crippen LogP contribution in [0.3, 0.4) is 0 Å². The average molecular weight is 288 g/mol. The topological polar surface area (TPSA) is 71.2 Å². The highest BCUT2D eigenvalue weighted by atomic mass is 16.1. The molecule has 1 amide bonds. The van der Waals surface area contributed by atoms with E-state index in [4.69, 9.17) is 10.7 Å². The lowest BCUT2D eigenvalue weighted by atomic mass is 9.96. The summed E-state index contributed by atoms with van der Waals surface area (Å²) in [6, 6.07) is 2.23. The maximum atomic E-state index is 11.9. The Morgan fingerprint density at radius 2 is 2.33 bits per heavy atom. The third-order valence-corrected chi connectivity index (χ3v) is 4.66. The number of hydrogen-bond acceptors (Lipinski definition) is 4. The zero-order valence-electron chi connectivity index (χ0n) is 12.7. The molecule has 114 valence electrons. The molecule has 1 aromatic heterocycles. The van der Waals surface area contributed by atoms with Gasteiger partial charge in [-0.25, -0.2) is 4.98 Å². The van der Waals surface area contributed by atoms with Crippen LogP contribution in [-0.2, 0) is 24.2 Å². The number of aryl methyl sites for hydroxylation is 2. The summed E-state index contributed by atoms with van der Waals surface area (Å²) >= 11 is 0. The normalized spacial score (nSPS) is 21.2. The molecule has 0 bridgehead atoms. The van der Waals surface area contributed by atoms with Gasteiger partial charge in [-0.3, -0.25) is 4.79 Å². The number of pyridine rings is 1. The number of amides is 1. The van der Waals surface area contributed by atoms with E-state index in [1.165, 1.54) is 17.7 Å². The smallest absolute Gasteiger partial charge is 0.224 e. The van der Waals surface area contributed by atoms with Crippen LogP contribution in [0.15, 0.2) is 6.07 Å². The van der Waals surface area contributed by atoms with Crippen LogP contribution in [0.4, 0.5) is 5.82 Å². The zero-order valence-corrected chi connectivity index (χ0v) is 12.7. The van der Waals surface area contributed by atoms with Crippen molar-refractivity contribution in [1.29, 1.82) is 0 Å². The Kier molecular flexibility index (Phi) is 4.10. The average Bonchev–Trinajstić information content (AvgIpc) is 3.00. The molecule has 1 atom stereocenters. The van der Waals surface area contributed by atoms with E-state index in [0.29, 0.717) is 6.54 Å². The molecule has 0 saturated carbocycles. The van der Waals surface area contributed by atoms with Crippen LogP contribution >= 0.6 is 0 Å². The molecule has 1 unspecified atom stereocenters. The Hall–Kier alpha value is -1.62. The number of hydrogen-bond donors (Lipinski definition) is 2. The second kappa shape index (κ2) is 6.02. The van der Waals surface area contributed by atoms with Gasteiger partial charge in [0.25, 0.3) is 0 Å². The van der Waals surface area contributed by atoms with Crippen LogP contribution in [-0.4, -0.2) is 31.0 Å². The van der Waals surface area contributed by atoms with Gasteiger partial charge >= 0.3 is 0 Å². The molecule has 5 heteroatoms. The molecule has 2 aliphatic rings. The number of aromatic nitrogens is 1. The minimum Gasteiger partial charge on any atom is -0.359 e. The van der Waals surface area contributed by atoms with Crippen LogP contribution in [0.5, 0.6) is 0 Å². The lowest BCUT2D eigenvalue weighted by Crippen LogP contribution is -2.43. The fourth-order valence-corrected chi connectivity index (χ4v) is 3.52. The maximum Gasteiger partial charge on any atom is 0.224 e. The van der Waals surface area contributed by atoms with Gasteiger partial charge in [0.15, 0.2) is 0 Å². The van der Waals surface area contributed by atoms with Crippen molar-refractivity contribution in [1.82, 2.24) is 10.3 Å². The van der Waals surface area contributed by atoms with Crippen LogP contribution < -0.4 is 16.0 Å². The summed E-state index contributed by atoms with van der Waals surface area (Å²) < 4.78 is 0. The third kappa shape index (κ3) is 2.75. The number of fused-ring (bicyclic) bond motifs is 1. The molecule has 1 aromatic rings. The van der Waals surface area contributed by atoms with Crippen LogP contribution in [0.2, 0.25) is 0 Å². The Balaban J connectivity index is 1.87. The van der Waals surface area contributed by atoms with Crippen molar-refractivity contribution < 1.29 is 4.79 Å². The predicted octanol–water partition coefficient (Wildman–Crippen LogP) is 0.991. The molecular formula is C16H24N4O. The highest BCUT2D eigenvalue weighted by molar-refractivity contribution is 5.79. The summed E-state index contributed by atoms with van der Waals surface area (Å²) in [6.45, 7) is 2.22. The first-order valence-corrected chi connectivity index (χ1v) is 7.91. The molecular weight excluding hydrogens is 264 g/mol. The van der Waals surface area contributed by atoms with E-state index in [-0.39, 0.29) is 11.8 Å². The molecule has 2 heterocycles. The van der Waals surface area contributed by atoms with Crippen molar-refractivity contribution in [3.8, 4) is 0 Å². The minimum atomic E-state index is 0.0597. The Bertz CT molecular complexity index is 543. The number of rotatable bonds is 3. The van der Waals surface area contributed by atoms with Crippen molar-refractivity contribution in [3.63, 3.8) is 0 Å². The molecule has 0 radical (unpaired) electrons. The summed E-state index contributed by atoms with van der Waals surface area (Å²) in [4.78, 5) is 19.0. The van der Waals surface area contributed by atoms with Gasteiger partial charge in [-0.2, -0.15) is 0 Å². The fraction of sp³-hybridized carbons (Fsp3) is 0.625. The van der Waals surface area contributed by atoms with Gasteiger partial charge in [-0.1, -0.05) is 0 Å². The monoisotopic (exact) mass is 288 g/mol. The van der Waals surface area contributed by atoms with Gasteiger partial charge < -0.3 is 16.0 Å². The van der Waals surface area contributed by atoms with Gasteiger partial charge in [-0.15, -0.1) is 0 Å². The van der Waals surface area contributed by atoms with E-state index >= 15 is 0 Å². The summed E-state index contributed by atoms with van der Waals surface area (Å²) in [7, 11) is 1.71. The third-order valence-electron chi connectivity index (χ3n) is 4.66. The summed E-state index contributed by atoms with van der Waals surface area (Å²) in [5, 5.41) is 2.77. The van der Waals surface area contributed by atoms with Crippen molar-refractivity contribution >= 4 is 11.7 Å². The number of nitrogens with zero attached hydrogens (tertiary/aromatic N) is 2. The molecule has 0 spiro atoms. The second-order valence-electron chi connectivity index (χ2n) is 6.03. The number of carbonyl (C=O) groups is 1. The fourth-order valence-electron chi connectivity index (χ4n) is 3.52. The van der Waals surface area contributed by atoms with E-state index in [1.807, 2.05) is 0 Å². The van der Waals surface area contributed by atoms with Crippen molar-refractivity contribution in [2.45, 2.75) is 38.6 Å². The Labute approximate surface area is 125 Å².